The van der Waals surface area contributed by atoms with E-state index >= 15 is 0 Å². The van der Waals surface area contributed by atoms with Crippen molar-refractivity contribution in [2.24, 2.45) is 5.92 Å². The Hall–Kier alpha value is -1.52. The smallest absolute Gasteiger partial charge is 0.315 e. The number of carbonyl (C=O) groups excluding carboxylic acids is 1. The number of nitrogens with one attached hydrogen (secondary N) is 2. The fourth-order valence-electron chi connectivity index (χ4n) is 1.32. The monoisotopic (exact) mass is 242 g/mol. The Morgan fingerprint density at radius 3 is 2.59 bits per heavy atom. The average molecular weight is 242 g/mol. The molecule has 0 fully saturated rings. The number of hydrogen-bond donors (Lipinski definition) is 3. The van der Waals surface area contributed by atoms with Gasteiger partial charge in [0.25, 0.3) is 0 Å². The minimum Gasteiger partial charge on any atom is -0.481 e. The van der Waals surface area contributed by atoms with Crippen molar-refractivity contribution in [2.75, 3.05) is 6.54 Å². The topological polar surface area (TPSA) is 78.4 Å². The molecule has 2 atom stereocenters. The van der Waals surface area contributed by atoms with E-state index in [9.17, 15) is 9.59 Å². The molecule has 0 aromatic carbocycles. The first-order valence-corrected chi connectivity index (χ1v) is 5.82. The third-order valence-electron chi connectivity index (χ3n) is 2.36. The molecule has 0 aliphatic rings. The molecule has 5 nitrogen and oxygen atoms in total. The van der Waals surface area contributed by atoms with Crippen molar-refractivity contribution < 1.29 is 14.7 Å². The summed E-state index contributed by atoms with van der Waals surface area (Å²) in [5.41, 5.74) is 0. The number of urea groups is 1. The zero-order chi connectivity index (χ0) is 13.3. The summed E-state index contributed by atoms with van der Waals surface area (Å²) in [7, 11) is 0. The summed E-state index contributed by atoms with van der Waals surface area (Å²) in [6, 6.07) is -0.164. The molecule has 0 bridgehead atoms. The zero-order valence-electron chi connectivity index (χ0n) is 10.5. The summed E-state index contributed by atoms with van der Waals surface area (Å²) < 4.78 is 0. The van der Waals surface area contributed by atoms with Crippen LogP contribution in [-0.2, 0) is 4.79 Å². The average Bonchev–Trinajstić information content (AvgIpc) is 2.23. The van der Waals surface area contributed by atoms with E-state index in [-0.39, 0.29) is 24.4 Å². The lowest BCUT2D eigenvalue weighted by atomic mass is 10.1. The van der Waals surface area contributed by atoms with Gasteiger partial charge < -0.3 is 15.7 Å². The quantitative estimate of drug-likeness (QED) is 0.567. The van der Waals surface area contributed by atoms with Crippen LogP contribution in [0.15, 0.2) is 12.7 Å². The van der Waals surface area contributed by atoms with Gasteiger partial charge in [-0.25, -0.2) is 4.79 Å². The number of hydrogen-bond acceptors (Lipinski definition) is 2. The third kappa shape index (κ3) is 9.41. The maximum Gasteiger partial charge on any atom is 0.315 e. The molecular weight excluding hydrogens is 220 g/mol. The predicted molar refractivity (Wildman–Crippen MR) is 66.8 cm³/mol. The summed E-state index contributed by atoms with van der Waals surface area (Å²) in [6.45, 7) is 7.89. The Labute approximate surface area is 102 Å². The second-order valence-electron chi connectivity index (χ2n) is 4.32. The van der Waals surface area contributed by atoms with E-state index in [1.807, 2.05) is 13.8 Å². The molecule has 2 unspecified atom stereocenters. The Morgan fingerprint density at radius 1 is 1.41 bits per heavy atom. The molecule has 3 N–H and O–H groups in total. The van der Waals surface area contributed by atoms with E-state index in [1.165, 1.54) is 0 Å². The highest BCUT2D eigenvalue weighted by molar-refractivity contribution is 5.74. The molecule has 0 rings (SSSR count). The highest BCUT2D eigenvalue weighted by atomic mass is 16.4. The van der Waals surface area contributed by atoms with Crippen LogP contribution >= 0.6 is 0 Å². The van der Waals surface area contributed by atoms with E-state index in [2.05, 4.69) is 17.2 Å². The third-order valence-corrected chi connectivity index (χ3v) is 2.36. The van der Waals surface area contributed by atoms with Crippen LogP contribution in [0.1, 0.15) is 33.1 Å². The lowest BCUT2D eigenvalue weighted by molar-refractivity contribution is -0.137. The van der Waals surface area contributed by atoms with Gasteiger partial charge in [0.1, 0.15) is 0 Å². The number of carboxylic acid groups (broad SMARTS) is 1. The van der Waals surface area contributed by atoms with Crippen LogP contribution in [0.5, 0.6) is 0 Å². The number of carboxylic acids is 1. The summed E-state index contributed by atoms with van der Waals surface area (Å²) >= 11 is 0. The first-order chi connectivity index (χ1) is 7.95. The van der Waals surface area contributed by atoms with Gasteiger partial charge in [-0.2, -0.15) is 0 Å². The van der Waals surface area contributed by atoms with Crippen molar-refractivity contribution in [3.05, 3.63) is 12.7 Å². The molecule has 0 saturated heterocycles. The van der Waals surface area contributed by atoms with Gasteiger partial charge in [0.2, 0.25) is 0 Å². The Kier molecular flexibility index (Phi) is 7.84. The summed E-state index contributed by atoms with van der Waals surface area (Å²) in [4.78, 5) is 21.7. The van der Waals surface area contributed by atoms with Gasteiger partial charge in [0, 0.05) is 19.0 Å². The van der Waals surface area contributed by atoms with Crippen molar-refractivity contribution >= 4 is 12.0 Å². The van der Waals surface area contributed by atoms with Crippen LogP contribution in [0.3, 0.4) is 0 Å². The van der Waals surface area contributed by atoms with E-state index in [0.717, 1.165) is 6.42 Å². The first-order valence-electron chi connectivity index (χ1n) is 5.82. The summed E-state index contributed by atoms with van der Waals surface area (Å²) in [5, 5.41) is 14.0. The van der Waals surface area contributed by atoms with E-state index in [0.29, 0.717) is 13.0 Å². The van der Waals surface area contributed by atoms with Gasteiger partial charge in [-0.3, -0.25) is 4.79 Å². The molecule has 0 spiro atoms. The molecule has 2 amide bonds. The number of rotatable bonds is 8. The van der Waals surface area contributed by atoms with Gasteiger partial charge in [-0.1, -0.05) is 13.0 Å². The number of aliphatic carboxylic acids is 1. The molecule has 0 heterocycles. The summed E-state index contributed by atoms with van der Waals surface area (Å²) in [6.07, 6.45) is 3.18. The van der Waals surface area contributed by atoms with Crippen molar-refractivity contribution in [3.63, 3.8) is 0 Å². The van der Waals surface area contributed by atoms with Crippen LogP contribution in [0.2, 0.25) is 0 Å². The maximum atomic E-state index is 11.4. The number of carbonyl (C=O) groups is 2. The molecule has 5 heteroatoms. The predicted octanol–water partition coefficient (Wildman–Crippen LogP) is 1.75. The van der Waals surface area contributed by atoms with Crippen LogP contribution in [0.25, 0.3) is 0 Å². The van der Waals surface area contributed by atoms with Crippen molar-refractivity contribution in [1.29, 1.82) is 0 Å². The van der Waals surface area contributed by atoms with Gasteiger partial charge >= 0.3 is 12.0 Å². The standard InChI is InChI=1S/C12H22N2O3/c1-4-5-10(3)14-12(17)13-8-9(2)6-7-11(15)16/h4,9-10H,1,5-8H2,2-3H3,(H,15,16)(H2,13,14,17). The number of amides is 2. The van der Waals surface area contributed by atoms with Crippen molar-refractivity contribution in [3.8, 4) is 0 Å². The normalized spacial score (nSPS) is 13.5. The zero-order valence-corrected chi connectivity index (χ0v) is 10.5. The Balaban J connectivity index is 3.68. The largest absolute Gasteiger partial charge is 0.481 e. The van der Waals surface area contributed by atoms with E-state index in [1.54, 1.807) is 6.08 Å². The Bertz CT molecular complexity index is 266. The molecule has 98 valence electrons. The minimum atomic E-state index is -0.805. The van der Waals surface area contributed by atoms with Gasteiger partial charge in [0.05, 0.1) is 0 Å². The fourth-order valence-corrected chi connectivity index (χ4v) is 1.32. The molecule has 0 aliphatic heterocycles. The second kappa shape index (κ2) is 8.61. The minimum absolute atomic E-state index is 0.0572. The molecule has 0 aromatic rings. The van der Waals surface area contributed by atoms with Crippen LogP contribution in [0.4, 0.5) is 4.79 Å². The van der Waals surface area contributed by atoms with Crippen molar-refractivity contribution in [1.82, 2.24) is 10.6 Å². The van der Waals surface area contributed by atoms with Crippen LogP contribution in [-0.4, -0.2) is 29.7 Å². The second-order valence-corrected chi connectivity index (χ2v) is 4.32. The lowest BCUT2D eigenvalue weighted by Gasteiger charge is -2.15. The highest BCUT2D eigenvalue weighted by Crippen LogP contribution is 2.03. The molecular formula is C12H22N2O3. The molecule has 17 heavy (non-hydrogen) atoms. The van der Waals surface area contributed by atoms with Crippen LogP contribution < -0.4 is 10.6 Å². The highest BCUT2D eigenvalue weighted by Gasteiger charge is 2.09. The fraction of sp³-hybridized carbons (Fsp3) is 0.667. The van der Waals surface area contributed by atoms with Crippen molar-refractivity contribution in [2.45, 2.75) is 39.2 Å². The SMILES string of the molecule is C=CCC(C)NC(=O)NCC(C)CCC(=O)O. The van der Waals surface area contributed by atoms with Gasteiger partial charge in [-0.15, -0.1) is 6.58 Å². The molecule has 0 saturated carbocycles. The molecule has 0 aromatic heterocycles. The lowest BCUT2D eigenvalue weighted by Crippen LogP contribution is -2.42. The maximum absolute atomic E-state index is 11.4. The van der Waals surface area contributed by atoms with E-state index in [4.69, 9.17) is 5.11 Å². The summed E-state index contributed by atoms with van der Waals surface area (Å²) in [5.74, 6) is -0.646. The van der Waals surface area contributed by atoms with Gasteiger partial charge in [0.15, 0.2) is 0 Å². The Morgan fingerprint density at radius 2 is 2.06 bits per heavy atom. The first kappa shape index (κ1) is 15.5. The molecule has 0 radical (unpaired) electrons. The van der Waals surface area contributed by atoms with E-state index < -0.39 is 5.97 Å². The molecule has 0 aliphatic carbocycles. The van der Waals surface area contributed by atoms with Crippen LogP contribution in [0, 0.1) is 5.92 Å². The van der Waals surface area contributed by atoms with Gasteiger partial charge in [-0.05, 0) is 25.7 Å².